The fourth-order valence-electron chi connectivity index (χ4n) is 3.30. The number of carbonyl (C=O) groups is 2. The monoisotopic (exact) mass is 337 g/mol. The van der Waals surface area contributed by atoms with Crippen LogP contribution in [0.25, 0.3) is 0 Å². The van der Waals surface area contributed by atoms with Gasteiger partial charge >= 0.3 is 6.03 Å². The zero-order chi connectivity index (χ0) is 18.0. The van der Waals surface area contributed by atoms with Crippen LogP contribution in [0, 0.1) is 13.8 Å². The molecule has 2 aromatic rings. The Morgan fingerprint density at radius 2 is 1.80 bits per heavy atom. The molecule has 5 nitrogen and oxygen atoms in total. The Morgan fingerprint density at radius 3 is 2.48 bits per heavy atom. The van der Waals surface area contributed by atoms with Gasteiger partial charge in [-0.2, -0.15) is 0 Å². The number of hydrogen-bond donors (Lipinski definition) is 2. The summed E-state index contributed by atoms with van der Waals surface area (Å²) in [4.78, 5) is 25.5. The van der Waals surface area contributed by atoms with Crippen LogP contribution in [-0.2, 0) is 17.8 Å². The van der Waals surface area contributed by atoms with Crippen molar-refractivity contribution < 1.29 is 9.59 Å². The smallest absolute Gasteiger partial charge is 0.319 e. The van der Waals surface area contributed by atoms with E-state index in [0.717, 1.165) is 46.6 Å². The predicted molar refractivity (Wildman–Crippen MR) is 99.9 cm³/mol. The summed E-state index contributed by atoms with van der Waals surface area (Å²) in [5, 5.41) is 5.75. The first-order valence-corrected chi connectivity index (χ1v) is 8.45. The third-order valence-electron chi connectivity index (χ3n) is 4.35. The van der Waals surface area contributed by atoms with Crippen LogP contribution >= 0.6 is 0 Å². The maximum atomic E-state index is 12.1. The highest BCUT2D eigenvalue weighted by atomic mass is 16.2. The third kappa shape index (κ3) is 3.99. The van der Waals surface area contributed by atoms with Crippen LogP contribution in [0.15, 0.2) is 36.4 Å². The molecule has 0 saturated carbocycles. The number of amides is 3. The van der Waals surface area contributed by atoms with Crippen LogP contribution in [0.4, 0.5) is 16.2 Å². The standard InChI is InChI=1S/C20H23N3O2/c1-13-8-14(2)10-18(9-13)22-20(25)21-12-16-4-5-19-17(11-16)6-7-23(19)15(3)24/h4-5,8-11H,6-7,12H2,1-3H3,(H2,21,22,25). The van der Waals surface area contributed by atoms with Gasteiger partial charge < -0.3 is 15.5 Å². The second-order valence-corrected chi connectivity index (χ2v) is 6.57. The molecule has 0 unspecified atom stereocenters. The van der Waals surface area contributed by atoms with Gasteiger partial charge in [-0.15, -0.1) is 0 Å². The molecule has 0 aromatic heterocycles. The fourth-order valence-corrected chi connectivity index (χ4v) is 3.30. The largest absolute Gasteiger partial charge is 0.334 e. The second-order valence-electron chi connectivity index (χ2n) is 6.57. The van der Waals surface area contributed by atoms with Crippen molar-refractivity contribution in [3.63, 3.8) is 0 Å². The summed E-state index contributed by atoms with van der Waals surface area (Å²) in [6.45, 7) is 6.77. The van der Waals surface area contributed by atoms with Gasteiger partial charge in [0.1, 0.15) is 0 Å². The van der Waals surface area contributed by atoms with Gasteiger partial charge in [0.25, 0.3) is 0 Å². The van der Waals surface area contributed by atoms with Crippen LogP contribution in [-0.4, -0.2) is 18.5 Å². The zero-order valence-electron chi connectivity index (χ0n) is 14.8. The molecular formula is C20H23N3O2. The van der Waals surface area contributed by atoms with Gasteiger partial charge in [0.2, 0.25) is 5.91 Å². The minimum atomic E-state index is -0.226. The van der Waals surface area contributed by atoms with Gasteiger partial charge in [0.05, 0.1) is 0 Å². The average Bonchev–Trinajstić information content (AvgIpc) is 2.95. The molecule has 1 heterocycles. The lowest BCUT2D eigenvalue weighted by atomic mass is 10.1. The summed E-state index contributed by atoms with van der Waals surface area (Å²) < 4.78 is 0. The highest BCUT2D eigenvalue weighted by Gasteiger charge is 2.22. The number of fused-ring (bicyclic) bond motifs is 1. The first kappa shape index (κ1) is 17.0. The van der Waals surface area contributed by atoms with Crippen LogP contribution in [0.5, 0.6) is 0 Å². The van der Waals surface area contributed by atoms with E-state index in [-0.39, 0.29) is 11.9 Å². The molecule has 0 atom stereocenters. The number of benzene rings is 2. The maximum absolute atomic E-state index is 12.1. The second kappa shape index (κ2) is 6.97. The number of urea groups is 1. The van der Waals surface area contributed by atoms with Crippen LogP contribution in [0.3, 0.4) is 0 Å². The maximum Gasteiger partial charge on any atom is 0.319 e. The molecule has 3 rings (SSSR count). The van der Waals surface area contributed by atoms with Crippen LogP contribution in [0.1, 0.15) is 29.2 Å². The van der Waals surface area contributed by atoms with Crippen molar-refractivity contribution in [3.05, 3.63) is 58.7 Å². The van der Waals surface area contributed by atoms with E-state index in [0.29, 0.717) is 6.54 Å². The molecule has 0 saturated heterocycles. The first-order valence-electron chi connectivity index (χ1n) is 8.45. The Labute approximate surface area is 148 Å². The quantitative estimate of drug-likeness (QED) is 0.900. The molecule has 2 aromatic carbocycles. The molecule has 3 amide bonds. The van der Waals surface area contributed by atoms with E-state index < -0.39 is 0 Å². The summed E-state index contributed by atoms with van der Waals surface area (Å²) >= 11 is 0. The van der Waals surface area contributed by atoms with Crippen molar-refractivity contribution in [3.8, 4) is 0 Å². The van der Waals surface area contributed by atoms with Gasteiger partial charge in [-0.3, -0.25) is 4.79 Å². The molecule has 1 aliphatic rings. The van der Waals surface area contributed by atoms with E-state index in [9.17, 15) is 9.59 Å². The van der Waals surface area contributed by atoms with Crippen molar-refractivity contribution in [2.24, 2.45) is 0 Å². The van der Waals surface area contributed by atoms with Crippen molar-refractivity contribution in [1.82, 2.24) is 5.32 Å². The Kier molecular flexibility index (Phi) is 4.74. The van der Waals surface area contributed by atoms with Crippen LogP contribution < -0.4 is 15.5 Å². The van der Waals surface area contributed by atoms with E-state index in [4.69, 9.17) is 0 Å². The highest BCUT2D eigenvalue weighted by Crippen LogP contribution is 2.28. The zero-order valence-corrected chi connectivity index (χ0v) is 14.8. The lowest BCUT2D eigenvalue weighted by Crippen LogP contribution is -2.28. The lowest BCUT2D eigenvalue weighted by Gasteiger charge is -2.15. The molecule has 5 heteroatoms. The summed E-state index contributed by atoms with van der Waals surface area (Å²) in [6, 6.07) is 11.7. The van der Waals surface area contributed by atoms with E-state index >= 15 is 0 Å². The van der Waals surface area contributed by atoms with Crippen LogP contribution in [0.2, 0.25) is 0 Å². The molecule has 0 fully saturated rings. The predicted octanol–water partition coefficient (Wildman–Crippen LogP) is 3.53. The van der Waals surface area contributed by atoms with E-state index in [1.165, 1.54) is 0 Å². The van der Waals surface area contributed by atoms with Crippen molar-refractivity contribution >= 4 is 23.3 Å². The molecular weight excluding hydrogens is 314 g/mol. The molecule has 25 heavy (non-hydrogen) atoms. The average molecular weight is 337 g/mol. The number of hydrogen-bond acceptors (Lipinski definition) is 2. The Balaban J connectivity index is 1.60. The molecule has 130 valence electrons. The Morgan fingerprint density at radius 1 is 1.08 bits per heavy atom. The number of nitrogens with zero attached hydrogens (tertiary/aromatic N) is 1. The molecule has 0 radical (unpaired) electrons. The van der Waals surface area contributed by atoms with Gasteiger partial charge in [0, 0.05) is 31.4 Å². The minimum Gasteiger partial charge on any atom is -0.334 e. The van der Waals surface area contributed by atoms with Gasteiger partial charge in [-0.25, -0.2) is 4.79 Å². The highest BCUT2D eigenvalue weighted by molar-refractivity contribution is 5.93. The third-order valence-corrected chi connectivity index (χ3v) is 4.35. The van der Waals surface area contributed by atoms with Gasteiger partial charge in [0.15, 0.2) is 0 Å². The molecule has 2 N–H and O–H groups in total. The number of carbonyl (C=O) groups excluding carboxylic acids is 2. The summed E-state index contributed by atoms with van der Waals surface area (Å²) in [5.41, 5.74) is 6.19. The molecule has 0 bridgehead atoms. The number of aryl methyl sites for hydroxylation is 2. The van der Waals surface area contributed by atoms with E-state index in [2.05, 4.69) is 22.8 Å². The molecule has 0 spiro atoms. The van der Waals surface area contributed by atoms with Gasteiger partial charge in [-0.05, 0) is 60.7 Å². The van der Waals surface area contributed by atoms with E-state index in [1.54, 1.807) is 11.8 Å². The number of anilines is 2. The Hall–Kier alpha value is -2.82. The van der Waals surface area contributed by atoms with Gasteiger partial charge in [-0.1, -0.05) is 18.2 Å². The fraction of sp³-hybridized carbons (Fsp3) is 0.300. The number of rotatable bonds is 3. The number of nitrogens with one attached hydrogen (secondary N) is 2. The molecule has 1 aliphatic heterocycles. The first-order chi connectivity index (χ1) is 11.9. The van der Waals surface area contributed by atoms with Crippen molar-refractivity contribution in [2.75, 3.05) is 16.8 Å². The molecule has 0 aliphatic carbocycles. The topological polar surface area (TPSA) is 61.4 Å². The summed E-state index contributed by atoms with van der Waals surface area (Å²) in [5.74, 6) is 0.0671. The van der Waals surface area contributed by atoms with Crippen molar-refractivity contribution in [1.29, 1.82) is 0 Å². The Bertz CT molecular complexity index is 809. The summed E-state index contributed by atoms with van der Waals surface area (Å²) in [6.07, 6.45) is 0.859. The van der Waals surface area contributed by atoms with E-state index in [1.807, 2.05) is 38.1 Å². The summed E-state index contributed by atoms with van der Waals surface area (Å²) in [7, 11) is 0. The van der Waals surface area contributed by atoms with Crippen molar-refractivity contribution in [2.45, 2.75) is 33.7 Å². The minimum absolute atomic E-state index is 0.0671. The normalized spacial score (nSPS) is 12.7. The SMILES string of the molecule is CC(=O)N1CCc2cc(CNC(=O)Nc3cc(C)cc(C)c3)ccc21. The lowest BCUT2D eigenvalue weighted by molar-refractivity contribution is -0.116.